The normalized spacial score (nSPS) is 20.1. The van der Waals surface area contributed by atoms with Gasteiger partial charge >= 0.3 is 0 Å². The number of hydrogen-bond donors (Lipinski definition) is 2. The number of rotatable bonds is 6. The molecule has 5 rings (SSSR count). The zero-order valence-corrected chi connectivity index (χ0v) is 19.8. The van der Waals surface area contributed by atoms with E-state index in [-0.39, 0.29) is 30.2 Å². The van der Waals surface area contributed by atoms with Crippen molar-refractivity contribution in [1.82, 2.24) is 5.32 Å². The minimum Gasteiger partial charge on any atom is -0.349 e. The maximum absolute atomic E-state index is 13.6. The second-order valence-electron chi connectivity index (χ2n) is 8.99. The minimum atomic E-state index is -0.447. The number of carbonyl (C=O) groups excluding carboxylic acids is 3. The van der Waals surface area contributed by atoms with E-state index in [1.807, 2.05) is 54.8 Å². The number of nitrogens with zero attached hydrogens (tertiary/aromatic N) is 1. The van der Waals surface area contributed by atoms with Gasteiger partial charge in [-0.15, -0.1) is 11.3 Å². The van der Waals surface area contributed by atoms with E-state index in [1.54, 1.807) is 34.4 Å². The molecule has 1 aromatic heterocycles. The lowest BCUT2D eigenvalue weighted by Crippen LogP contribution is -2.46. The molecule has 0 unspecified atom stereocenters. The summed E-state index contributed by atoms with van der Waals surface area (Å²) in [5.41, 5.74) is 2.85. The average molecular weight is 474 g/mol. The molecule has 174 valence electrons. The highest BCUT2D eigenvalue weighted by Crippen LogP contribution is 2.42. The van der Waals surface area contributed by atoms with Crippen LogP contribution >= 0.6 is 11.3 Å². The number of benzene rings is 2. The van der Waals surface area contributed by atoms with Gasteiger partial charge in [-0.3, -0.25) is 14.4 Å². The topological polar surface area (TPSA) is 78.5 Å². The fourth-order valence-corrected chi connectivity index (χ4v) is 5.35. The van der Waals surface area contributed by atoms with E-state index < -0.39 is 12.0 Å². The summed E-state index contributed by atoms with van der Waals surface area (Å²) in [5.74, 6) is -0.796. The Morgan fingerprint density at radius 3 is 2.44 bits per heavy atom. The number of thiophene rings is 1. The van der Waals surface area contributed by atoms with Gasteiger partial charge < -0.3 is 15.5 Å². The van der Waals surface area contributed by atoms with Crippen LogP contribution in [0.4, 0.5) is 11.4 Å². The molecule has 1 aliphatic heterocycles. The van der Waals surface area contributed by atoms with Crippen LogP contribution in [-0.4, -0.2) is 23.8 Å². The van der Waals surface area contributed by atoms with Crippen molar-refractivity contribution in [2.45, 2.75) is 44.7 Å². The van der Waals surface area contributed by atoms with Gasteiger partial charge in [0.1, 0.15) is 0 Å². The number of nitrogens with one attached hydrogen (secondary N) is 2. The molecule has 2 aliphatic rings. The first-order chi connectivity index (χ1) is 16.5. The molecule has 1 saturated carbocycles. The van der Waals surface area contributed by atoms with Crippen LogP contribution in [0.1, 0.15) is 52.5 Å². The van der Waals surface area contributed by atoms with Crippen LogP contribution in [0.3, 0.4) is 0 Å². The van der Waals surface area contributed by atoms with Gasteiger partial charge in [0.25, 0.3) is 5.91 Å². The largest absolute Gasteiger partial charge is 0.349 e. The van der Waals surface area contributed by atoms with E-state index in [9.17, 15) is 14.4 Å². The first-order valence-corrected chi connectivity index (χ1v) is 12.5. The van der Waals surface area contributed by atoms with Crippen LogP contribution in [0.2, 0.25) is 0 Å². The highest BCUT2D eigenvalue weighted by atomic mass is 32.1. The quantitative estimate of drug-likeness (QED) is 0.525. The summed E-state index contributed by atoms with van der Waals surface area (Å²) in [6.07, 6.45) is 2.73. The molecule has 3 aromatic rings. The molecule has 3 amide bonds. The predicted molar refractivity (Wildman–Crippen MR) is 134 cm³/mol. The van der Waals surface area contributed by atoms with Crippen molar-refractivity contribution in [3.05, 3.63) is 82.0 Å². The van der Waals surface area contributed by atoms with Crippen LogP contribution in [0.5, 0.6) is 0 Å². The van der Waals surface area contributed by atoms with Crippen molar-refractivity contribution in [3.8, 4) is 0 Å². The van der Waals surface area contributed by atoms with Crippen LogP contribution in [-0.2, 0) is 9.59 Å². The Kier molecular flexibility index (Phi) is 6.20. The number of hydrogen-bond acceptors (Lipinski definition) is 4. The SMILES string of the molecule is Cc1ccc(N2C(=O)CC[C@H](C(=O)Nc3ccccc3C(=O)NC3CC3)[C@H]2c2cccs2)cc1. The van der Waals surface area contributed by atoms with Crippen LogP contribution in [0, 0.1) is 12.8 Å². The predicted octanol–water partition coefficient (Wildman–Crippen LogP) is 5.07. The summed E-state index contributed by atoms with van der Waals surface area (Å²) in [5, 5.41) is 7.97. The highest BCUT2D eigenvalue weighted by Gasteiger charge is 2.42. The van der Waals surface area contributed by atoms with Crippen molar-refractivity contribution in [2.24, 2.45) is 5.92 Å². The fraction of sp³-hybridized carbons (Fsp3) is 0.296. The summed E-state index contributed by atoms with van der Waals surface area (Å²) in [7, 11) is 0. The lowest BCUT2D eigenvalue weighted by Gasteiger charge is -2.40. The molecule has 2 N–H and O–H groups in total. The van der Waals surface area contributed by atoms with Gasteiger partial charge in [0.05, 0.1) is 23.2 Å². The summed E-state index contributed by atoms with van der Waals surface area (Å²) >= 11 is 1.54. The molecule has 7 heteroatoms. The first kappa shape index (κ1) is 22.3. The highest BCUT2D eigenvalue weighted by molar-refractivity contribution is 7.10. The zero-order valence-electron chi connectivity index (χ0n) is 19.0. The first-order valence-electron chi connectivity index (χ1n) is 11.6. The van der Waals surface area contributed by atoms with Crippen molar-refractivity contribution >= 4 is 40.4 Å². The maximum atomic E-state index is 13.6. The lowest BCUT2D eigenvalue weighted by molar-refractivity contribution is -0.125. The molecule has 6 nitrogen and oxygen atoms in total. The van der Waals surface area contributed by atoms with Gasteiger partial charge in [0.15, 0.2) is 0 Å². The molecule has 2 fully saturated rings. The van der Waals surface area contributed by atoms with Crippen LogP contribution < -0.4 is 15.5 Å². The number of aryl methyl sites for hydroxylation is 1. The van der Waals surface area contributed by atoms with E-state index in [0.717, 1.165) is 29.0 Å². The van der Waals surface area contributed by atoms with Crippen LogP contribution in [0.15, 0.2) is 66.0 Å². The Morgan fingerprint density at radius 1 is 0.971 bits per heavy atom. The number of piperidine rings is 1. The van der Waals surface area contributed by atoms with E-state index in [4.69, 9.17) is 0 Å². The van der Waals surface area contributed by atoms with Crippen molar-refractivity contribution in [3.63, 3.8) is 0 Å². The Balaban J connectivity index is 1.45. The van der Waals surface area contributed by atoms with Crippen LogP contribution in [0.25, 0.3) is 0 Å². The summed E-state index contributed by atoms with van der Waals surface area (Å²) in [6.45, 7) is 2.01. The Labute approximate surface area is 203 Å². The molecule has 34 heavy (non-hydrogen) atoms. The molecule has 2 heterocycles. The molecule has 2 atom stereocenters. The Hall–Kier alpha value is -3.45. The third kappa shape index (κ3) is 4.61. The van der Waals surface area contributed by atoms with E-state index in [1.165, 1.54) is 0 Å². The average Bonchev–Trinajstić information content (AvgIpc) is 3.48. The third-order valence-electron chi connectivity index (χ3n) is 6.42. The smallest absolute Gasteiger partial charge is 0.253 e. The molecular weight excluding hydrogens is 446 g/mol. The molecule has 1 aliphatic carbocycles. The minimum absolute atomic E-state index is 0.00974. The molecule has 0 radical (unpaired) electrons. The number of carbonyl (C=O) groups is 3. The summed E-state index contributed by atoms with van der Waals surface area (Å²) < 4.78 is 0. The van der Waals surface area contributed by atoms with Crippen molar-refractivity contribution in [2.75, 3.05) is 10.2 Å². The second-order valence-corrected chi connectivity index (χ2v) is 9.97. The maximum Gasteiger partial charge on any atom is 0.253 e. The summed E-state index contributed by atoms with van der Waals surface area (Å²) in [4.78, 5) is 42.2. The number of para-hydroxylation sites is 1. The van der Waals surface area contributed by atoms with Gasteiger partial charge in [-0.25, -0.2) is 0 Å². The standard InChI is InChI=1S/C27H27N3O3S/c1-17-8-12-19(13-9-17)30-24(31)15-14-21(25(30)23-7-4-16-34-23)27(33)29-22-6-3-2-5-20(22)26(32)28-18-10-11-18/h2-9,12-13,16,18,21,25H,10-11,14-15H2,1H3,(H,28,32)(H,29,33)/t21-,25-/m0/s1. The van der Waals surface area contributed by atoms with Gasteiger partial charge in [-0.1, -0.05) is 35.9 Å². The lowest BCUT2D eigenvalue weighted by atomic mass is 9.86. The number of amides is 3. The molecular formula is C27H27N3O3S. The molecule has 0 bridgehead atoms. The Bertz CT molecular complexity index is 1200. The van der Waals surface area contributed by atoms with Gasteiger partial charge in [0, 0.05) is 23.0 Å². The second kappa shape index (κ2) is 9.43. The monoisotopic (exact) mass is 473 g/mol. The number of anilines is 2. The van der Waals surface area contributed by atoms with Crippen molar-refractivity contribution in [1.29, 1.82) is 0 Å². The van der Waals surface area contributed by atoms with Gasteiger partial charge in [0.2, 0.25) is 11.8 Å². The molecule has 0 spiro atoms. The van der Waals surface area contributed by atoms with E-state index in [2.05, 4.69) is 10.6 Å². The van der Waals surface area contributed by atoms with Gasteiger partial charge in [-0.2, -0.15) is 0 Å². The fourth-order valence-electron chi connectivity index (χ4n) is 4.47. The zero-order chi connectivity index (χ0) is 23.7. The Morgan fingerprint density at radius 2 is 1.74 bits per heavy atom. The summed E-state index contributed by atoms with van der Waals surface area (Å²) in [6, 6.07) is 18.7. The van der Waals surface area contributed by atoms with Gasteiger partial charge in [-0.05, 0) is 61.9 Å². The molecule has 1 saturated heterocycles. The van der Waals surface area contributed by atoms with E-state index >= 15 is 0 Å². The molecule has 2 aromatic carbocycles. The van der Waals surface area contributed by atoms with E-state index in [0.29, 0.717) is 17.7 Å². The van der Waals surface area contributed by atoms with Crippen molar-refractivity contribution < 1.29 is 14.4 Å². The third-order valence-corrected chi connectivity index (χ3v) is 7.37.